The average molecular weight is 219 g/mol. The van der Waals surface area contributed by atoms with Gasteiger partial charge >= 0.3 is 0 Å². The molecule has 1 aliphatic heterocycles. The van der Waals surface area contributed by atoms with Crippen LogP contribution in [0.2, 0.25) is 0 Å². The Morgan fingerprint density at radius 3 is 2.81 bits per heavy atom. The third-order valence-corrected chi connectivity index (χ3v) is 2.84. The maximum Gasteiger partial charge on any atom is 0.239 e. The molecule has 1 fully saturated rings. The fourth-order valence-electron chi connectivity index (χ4n) is 1.90. The maximum atomic E-state index is 11.6. The molecule has 4 heteroatoms. The molecule has 1 aromatic heterocycles. The maximum absolute atomic E-state index is 11.6. The van der Waals surface area contributed by atoms with Crippen LogP contribution in [0.25, 0.3) is 0 Å². The van der Waals surface area contributed by atoms with Crippen molar-refractivity contribution in [3.8, 4) is 0 Å². The van der Waals surface area contributed by atoms with E-state index < -0.39 is 5.54 Å². The normalized spacial score (nSPS) is 23.9. The Morgan fingerprint density at radius 2 is 2.19 bits per heavy atom. The number of rotatable bonds is 1. The molecule has 2 heterocycles. The molecule has 1 aliphatic rings. The number of piperazine rings is 1. The number of nitrogens with one attached hydrogen (secondary N) is 2. The summed E-state index contributed by atoms with van der Waals surface area (Å²) in [6.45, 7) is 6.32. The molecule has 4 nitrogen and oxygen atoms in total. The summed E-state index contributed by atoms with van der Waals surface area (Å²) in [7, 11) is 0. The molecule has 16 heavy (non-hydrogen) atoms. The van der Waals surface area contributed by atoms with E-state index in [2.05, 4.69) is 15.6 Å². The standard InChI is InChI=1S/C12H17N3O/c1-8-5-4-6-9(14-8)10-7-13-11(16)12(2,3)15-10/h4-6,10,15H,7H2,1-3H3,(H,13,16). The van der Waals surface area contributed by atoms with Crippen molar-refractivity contribution in [3.63, 3.8) is 0 Å². The van der Waals surface area contributed by atoms with Crippen LogP contribution in [-0.2, 0) is 4.79 Å². The molecule has 0 aromatic carbocycles. The molecular formula is C12H17N3O. The first-order valence-corrected chi connectivity index (χ1v) is 5.48. The van der Waals surface area contributed by atoms with Crippen molar-refractivity contribution in [2.45, 2.75) is 32.4 Å². The first-order valence-electron chi connectivity index (χ1n) is 5.48. The van der Waals surface area contributed by atoms with E-state index in [1.807, 2.05) is 39.0 Å². The molecule has 1 amide bonds. The van der Waals surface area contributed by atoms with Gasteiger partial charge in [-0.2, -0.15) is 0 Å². The van der Waals surface area contributed by atoms with Gasteiger partial charge in [-0.25, -0.2) is 0 Å². The van der Waals surface area contributed by atoms with E-state index in [1.165, 1.54) is 0 Å². The van der Waals surface area contributed by atoms with Crippen LogP contribution in [0.3, 0.4) is 0 Å². The first-order chi connectivity index (χ1) is 7.49. The van der Waals surface area contributed by atoms with Gasteiger partial charge in [-0.15, -0.1) is 0 Å². The number of carbonyl (C=O) groups is 1. The van der Waals surface area contributed by atoms with Crippen molar-refractivity contribution in [2.75, 3.05) is 6.54 Å². The minimum absolute atomic E-state index is 0.0383. The van der Waals surface area contributed by atoms with Crippen molar-refractivity contribution in [2.24, 2.45) is 0 Å². The van der Waals surface area contributed by atoms with Gasteiger partial charge in [-0.3, -0.25) is 15.1 Å². The molecule has 0 radical (unpaired) electrons. The van der Waals surface area contributed by atoms with Crippen LogP contribution in [0.1, 0.15) is 31.3 Å². The number of pyridine rings is 1. The first kappa shape index (κ1) is 11.1. The molecule has 2 N–H and O–H groups in total. The molecule has 0 spiro atoms. The average Bonchev–Trinajstić information content (AvgIpc) is 2.22. The van der Waals surface area contributed by atoms with Gasteiger partial charge in [0.1, 0.15) is 0 Å². The molecular weight excluding hydrogens is 202 g/mol. The summed E-state index contributed by atoms with van der Waals surface area (Å²) in [5, 5.41) is 6.21. The largest absolute Gasteiger partial charge is 0.353 e. The van der Waals surface area contributed by atoms with Crippen molar-refractivity contribution >= 4 is 5.91 Å². The Hall–Kier alpha value is -1.42. The van der Waals surface area contributed by atoms with E-state index in [4.69, 9.17) is 0 Å². The SMILES string of the molecule is Cc1cccc(C2CNC(=O)C(C)(C)N2)n1. The van der Waals surface area contributed by atoms with E-state index in [0.717, 1.165) is 11.4 Å². The van der Waals surface area contributed by atoms with Gasteiger partial charge in [0.2, 0.25) is 5.91 Å². The van der Waals surface area contributed by atoms with Crippen LogP contribution >= 0.6 is 0 Å². The number of nitrogens with zero attached hydrogens (tertiary/aromatic N) is 1. The summed E-state index contributed by atoms with van der Waals surface area (Å²) in [6, 6.07) is 6.03. The van der Waals surface area contributed by atoms with Crippen LogP contribution in [0.5, 0.6) is 0 Å². The Bertz CT molecular complexity index is 414. The highest BCUT2D eigenvalue weighted by Crippen LogP contribution is 2.18. The van der Waals surface area contributed by atoms with Gasteiger partial charge in [0.15, 0.2) is 0 Å². The lowest BCUT2D eigenvalue weighted by Gasteiger charge is -2.36. The molecule has 1 atom stereocenters. The van der Waals surface area contributed by atoms with E-state index in [0.29, 0.717) is 6.54 Å². The van der Waals surface area contributed by atoms with Crippen LogP contribution in [0, 0.1) is 6.92 Å². The Morgan fingerprint density at radius 1 is 1.44 bits per heavy atom. The van der Waals surface area contributed by atoms with Gasteiger partial charge in [0.25, 0.3) is 0 Å². The summed E-state index contributed by atoms with van der Waals surface area (Å²) in [5.41, 5.74) is 1.44. The molecule has 1 unspecified atom stereocenters. The van der Waals surface area contributed by atoms with E-state index in [1.54, 1.807) is 0 Å². The number of hydrogen-bond donors (Lipinski definition) is 2. The van der Waals surface area contributed by atoms with Crippen molar-refractivity contribution in [3.05, 3.63) is 29.6 Å². The topological polar surface area (TPSA) is 54.0 Å². The highest BCUT2D eigenvalue weighted by Gasteiger charge is 2.35. The molecule has 2 rings (SSSR count). The minimum atomic E-state index is -0.533. The summed E-state index contributed by atoms with van der Waals surface area (Å²) in [6.07, 6.45) is 0. The summed E-state index contributed by atoms with van der Waals surface area (Å²) >= 11 is 0. The smallest absolute Gasteiger partial charge is 0.239 e. The van der Waals surface area contributed by atoms with Gasteiger partial charge in [0.05, 0.1) is 17.3 Å². The predicted octanol–water partition coefficient (Wildman–Crippen LogP) is 0.929. The quantitative estimate of drug-likeness (QED) is 0.738. The van der Waals surface area contributed by atoms with Gasteiger partial charge in [-0.1, -0.05) is 6.07 Å². The molecule has 0 bridgehead atoms. The second kappa shape index (κ2) is 3.87. The Labute approximate surface area is 95.5 Å². The third kappa shape index (κ3) is 2.07. The van der Waals surface area contributed by atoms with Crippen LogP contribution < -0.4 is 10.6 Å². The molecule has 86 valence electrons. The lowest BCUT2D eigenvalue weighted by atomic mass is 9.97. The minimum Gasteiger partial charge on any atom is -0.353 e. The van der Waals surface area contributed by atoms with Gasteiger partial charge < -0.3 is 5.32 Å². The number of carbonyl (C=O) groups excluding carboxylic acids is 1. The van der Waals surface area contributed by atoms with Crippen molar-refractivity contribution < 1.29 is 4.79 Å². The highest BCUT2D eigenvalue weighted by molar-refractivity contribution is 5.86. The summed E-state index contributed by atoms with van der Waals surface area (Å²) in [4.78, 5) is 16.0. The molecule has 1 aromatic rings. The molecule has 1 saturated heterocycles. The Balaban J connectivity index is 2.21. The van der Waals surface area contributed by atoms with Crippen LogP contribution in [-0.4, -0.2) is 23.0 Å². The number of aromatic nitrogens is 1. The zero-order chi connectivity index (χ0) is 11.8. The van der Waals surface area contributed by atoms with Crippen molar-refractivity contribution in [1.82, 2.24) is 15.6 Å². The zero-order valence-corrected chi connectivity index (χ0v) is 9.87. The lowest BCUT2D eigenvalue weighted by Crippen LogP contribution is -2.60. The van der Waals surface area contributed by atoms with Gasteiger partial charge in [-0.05, 0) is 32.9 Å². The van der Waals surface area contributed by atoms with E-state index in [9.17, 15) is 4.79 Å². The third-order valence-electron chi connectivity index (χ3n) is 2.84. The molecule has 0 saturated carbocycles. The van der Waals surface area contributed by atoms with Crippen LogP contribution in [0.15, 0.2) is 18.2 Å². The molecule has 0 aliphatic carbocycles. The highest BCUT2D eigenvalue weighted by atomic mass is 16.2. The second-order valence-corrected chi connectivity index (χ2v) is 4.74. The summed E-state index contributed by atoms with van der Waals surface area (Å²) in [5.74, 6) is 0.0383. The fraction of sp³-hybridized carbons (Fsp3) is 0.500. The van der Waals surface area contributed by atoms with E-state index in [-0.39, 0.29) is 11.9 Å². The van der Waals surface area contributed by atoms with Crippen LogP contribution in [0.4, 0.5) is 0 Å². The summed E-state index contributed by atoms with van der Waals surface area (Å²) < 4.78 is 0. The van der Waals surface area contributed by atoms with Crippen molar-refractivity contribution in [1.29, 1.82) is 0 Å². The number of amides is 1. The lowest BCUT2D eigenvalue weighted by molar-refractivity contribution is -0.128. The Kier molecular flexibility index (Phi) is 2.68. The number of aryl methyl sites for hydroxylation is 1. The predicted molar refractivity (Wildman–Crippen MR) is 61.9 cm³/mol. The van der Waals surface area contributed by atoms with E-state index >= 15 is 0 Å². The van der Waals surface area contributed by atoms with Gasteiger partial charge in [0, 0.05) is 12.2 Å². The fourth-order valence-corrected chi connectivity index (χ4v) is 1.90. The monoisotopic (exact) mass is 219 g/mol. The zero-order valence-electron chi connectivity index (χ0n) is 9.87. The second-order valence-electron chi connectivity index (χ2n) is 4.74. The number of hydrogen-bond acceptors (Lipinski definition) is 3.